The van der Waals surface area contributed by atoms with Crippen LogP contribution in [0.3, 0.4) is 0 Å². The van der Waals surface area contributed by atoms with Gasteiger partial charge in [0.25, 0.3) is 0 Å². The first-order chi connectivity index (χ1) is 15.1. The molecule has 1 aliphatic rings. The first kappa shape index (κ1) is 20.3. The van der Waals surface area contributed by atoms with Crippen LogP contribution >= 0.6 is 27.3 Å². The number of amides is 1. The Balaban J connectivity index is 1.55. The molecule has 156 valence electrons. The van der Waals surface area contributed by atoms with Gasteiger partial charge in [-0.2, -0.15) is 0 Å². The van der Waals surface area contributed by atoms with Crippen molar-refractivity contribution in [2.75, 3.05) is 6.54 Å². The quantitative estimate of drug-likeness (QED) is 0.315. The fraction of sp³-hybridized carbons (Fsp3) is 0.192. The molecule has 31 heavy (non-hydrogen) atoms. The lowest BCUT2D eigenvalue weighted by molar-refractivity contribution is -0.127. The van der Waals surface area contributed by atoms with Crippen LogP contribution in [0.25, 0.3) is 17.0 Å². The number of para-hydroxylation sites is 1. The maximum Gasteiger partial charge on any atom is 0.247 e. The molecule has 0 fully saturated rings. The van der Waals surface area contributed by atoms with E-state index >= 15 is 0 Å². The van der Waals surface area contributed by atoms with Gasteiger partial charge in [-0.3, -0.25) is 4.79 Å². The minimum absolute atomic E-state index is 0.0423. The summed E-state index contributed by atoms with van der Waals surface area (Å²) < 4.78 is 1.01. The van der Waals surface area contributed by atoms with Gasteiger partial charge in [-0.05, 0) is 60.4 Å². The van der Waals surface area contributed by atoms with E-state index in [-0.39, 0.29) is 11.9 Å². The van der Waals surface area contributed by atoms with E-state index in [0.29, 0.717) is 6.54 Å². The normalized spacial score (nSPS) is 16.2. The molecule has 3 heterocycles. The number of hydrogen-bond donors (Lipinski definition) is 1. The Bertz CT molecular complexity index is 1290. The van der Waals surface area contributed by atoms with Gasteiger partial charge in [-0.15, -0.1) is 11.3 Å². The second-order valence-corrected chi connectivity index (χ2v) is 9.91. The number of rotatable bonds is 4. The molecule has 1 atom stereocenters. The number of halogens is 1. The summed E-state index contributed by atoms with van der Waals surface area (Å²) >= 11 is 5.30. The van der Waals surface area contributed by atoms with Crippen molar-refractivity contribution in [1.29, 1.82) is 0 Å². The smallest absolute Gasteiger partial charge is 0.247 e. The largest absolute Gasteiger partial charge is 0.356 e. The molecular formula is C26H23BrN2OS. The van der Waals surface area contributed by atoms with Gasteiger partial charge < -0.3 is 9.88 Å². The van der Waals surface area contributed by atoms with Crippen LogP contribution in [0.15, 0.2) is 71.2 Å². The number of carbonyl (C=O) groups is 1. The summed E-state index contributed by atoms with van der Waals surface area (Å²) in [7, 11) is 0. The van der Waals surface area contributed by atoms with Gasteiger partial charge in [-0.25, -0.2) is 0 Å². The van der Waals surface area contributed by atoms with Gasteiger partial charge in [0.2, 0.25) is 5.91 Å². The number of nitrogens with zero attached hydrogens (tertiary/aromatic N) is 1. The maximum absolute atomic E-state index is 13.4. The molecule has 0 spiro atoms. The summed E-state index contributed by atoms with van der Waals surface area (Å²) in [5, 5.41) is 1.27. The van der Waals surface area contributed by atoms with E-state index in [0.717, 1.165) is 34.1 Å². The molecule has 4 aromatic rings. The molecule has 3 nitrogen and oxygen atoms in total. The molecule has 0 saturated carbocycles. The number of H-pyrrole nitrogens is 1. The van der Waals surface area contributed by atoms with Crippen molar-refractivity contribution in [2.45, 2.75) is 25.8 Å². The monoisotopic (exact) mass is 490 g/mol. The van der Waals surface area contributed by atoms with E-state index in [1.807, 2.05) is 35.2 Å². The minimum Gasteiger partial charge on any atom is -0.356 e. The van der Waals surface area contributed by atoms with Crippen molar-refractivity contribution in [2.24, 2.45) is 0 Å². The average Bonchev–Trinajstić information content (AvgIpc) is 3.41. The highest BCUT2D eigenvalue weighted by molar-refractivity contribution is 9.10. The second-order valence-electron chi connectivity index (χ2n) is 7.79. The summed E-state index contributed by atoms with van der Waals surface area (Å²) in [5.41, 5.74) is 4.64. The van der Waals surface area contributed by atoms with Crippen molar-refractivity contribution in [3.05, 3.63) is 97.8 Å². The van der Waals surface area contributed by atoms with Crippen molar-refractivity contribution >= 4 is 50.2 Å². The van der Waals surface area contributed by atoms with Crippen LogP contribution in [-0.2, 0) is 17.6 Å². The topological polar surface area (TPSA) is 36.1 Å². The highest BCUT2D eigenvalue weighted by atomic mass is 79.9. The van der Waals surface area contributed by atoms with Crippen LogP contribution in [-0.4, -0.2) is 22.3 Å². The lowest BCUT2D eigenvalue weighted by atomic mass is 9.96. The molecule has 5 rings (SSSR count). The molecule has 0 aliphatic carbocycles. The van der Waals surface area contributed by atoms with E-state index in [1.54, 1.807) is 17.4 Å². The zero-order chi connectivity index (χ0) is 21.4. The molecule has 1 N–H and O–H groups in total. The standard InChI is InChI=1S/C26H23BrN2OS/c1-2-19-11-12-23(31-19)26-25-21(20-8-3-4-9-22(20)28-25)14-15-29(26)24(30)13-10-17-6-5-7-18(27)16-17/h3-13,16,26,28H,2,14-15H2,1H3/b13-10+. The number of nitrogens with one attached hydrogen (secondary N) is 1. The third-order valence-corrected chi connectivity index (χ3v) is 7.66. The predicted octanol–water partition coefficient (Wildman–Crippen LogP) is 6.74. The highest BCUT2D eigenvalue weighted by Gasteiger charge is 2.34. The van der Waals surface area contributed by atoms with Gasteiger partial charge in [0.05, 0.1) is 0 Å². The minimum atomic E-state index is -0.0823. The molecule has 2 aromatic carbocycles. The third kappa shape index (κ3) is 3.88. The zero-order valence-electron chi connectivity index (χ0n) is 17.3. The first-order valence-corrected chi connectivity index (χ1v) is 12.2. The number of aryl methyl sites for hydroxylation is 1. The van der Waals surface area contributed by atoms with E-state index in [2.05, 4.69) is 64.2 Å². The third-order valence-electron chi connectivity index (χ3n) is 5.88. The number of aromatic nitrogens is 1. The van der Waals surface area contributed by atoms with E-state index in [1.165, 1.54) is 20.7 Å². The number of benzene rings is 2. The Morgan fingerprint density at radius 3 is 2.87 bits per heavy atom. The molecular weight excluding hydrogens is 468 g/mol. The molecule has 0 radical (unpaired) electrons. The Labute approximate surface area is 194 Å². The van der Waals surface area contributed by atoms with Crippen molar-refractivity contribution in [3.8, 4) is 0 Å². The summed E-state index contributed by atoms with van der Waals surface area (Å²) in [6.45, 7) is 2.88. The molecule has 0 saturated heterocycles. The van der Waals surface area contributed by atoms with Crippen LogP contribution in [0.5, 0.6) is 0 Å². The van der Waals surface area contributed by atoms with Gasteiger partial charge in [0, 0.05) is 43.4 Å². The summed E-state index contributed by atoms with van der Waals surface area (Å²) in [4.78, 5) is 21.6. The molecule has 1 amide bonds. The molecule has 2 aromatic heterocycles. The number of fused-ring (bicyclic) bond motifs is 3. The van der Waals surface area contributed by atoms with Crippen LogP contribution in [0, 0.1) is 0 Å². The first-order valence-electron chi connectivity index (χ1n) is 10.6. The summed E-state index contributed by atoms with van der Waals surface area (Å²) in [6, 6.07) is 20.7. The number of thiophene rings is 1. The lowest BCUT2D eigenvalue weighted by Crippen LogP contribution is -2.39. The molecule has 5 heteroatoms. The van der Waals surface area contributed by atoms with Crippen LogP contribution < -0.4 is 0 Å². The molecule has 1 aliphatic heterocycles. The SMILES string of the molecule is CCc1ccc(C2c3[nH]c4ccccc4c3CCN2C(=O)/C=C/c2cccc(Br)c2)s1. The molecule has 1 unspecified atom stereocenters. The number of carbonyl (C=O) groups excluding carboxylic acids is 1. The summed E-state index contributed by atoms with van der Waals surface area (Å²) in [6.07, 6.45) is 5.47. The van der Waals surface area contributed by atoms with E-state index in [4.69, 9.17) is 0 Å². The second kappa shape index (κ2) is 8.48. The van der Waals surface area contributed by atoms with Crippen LogP contribution in [0.2, 0.25) is 0 Å². The fourth-order valence-electron chi connectivity index (χ4n) is 4.38. The fourth-order valence-corrected chi connectivity index (χ4v) is 5.87. The Kier molecular flexibility index (Phi) is 5.55. The van der Waals surface area contributed by atoms with E-state index in [9.17, 15) is 4.79 Å². The Hall–Kier alpha value is -2.63. The van der Waals surface area contributed by atoms with Crippen molar-refractivity contribution in [1.82, 2.24) is 9.88 Å². The van der Waals surface area contributed by atoms with Gasteiger partial charge in [-0.1, -0.05) is 53.2 Å². The summed E-state index contributed by atoms with van der Waals surface area (Å²) in [5.74, 6) is 0.0423. The van der Waals surface area contributed by atoms with Crippen molar-refractivity contribution in [3.63, 3.8) is 0 Å². The van der Waals surface area contributed by atoms with Gasteiger partial charge in [0.15, 0.2) is 0 Å². The van der Waals surface area contributed by atoms with Crippen LogP contribution in [0.4, 0.5) is 0 Å². The number of aromatic amines is 1. The molecule has 0 bridgehead atoms. The lowest BCUT2D eigenvalue weighted by Gasteiger charge is -2.34. The predicted molar refractivity (Wildman–Crippen MR) is 132 cm³/mol. The zero-order valence-corrected chi connectivity index (χ0v) is 19.7. The van der Waals surface area contributed by atoms with Gasteiger partial charge >= 0.3 is 0 Å². The van der Waals surface area contributed by atoms with Gasteiger partial charge in [0.1, 0.15) is 6.04 Å². The Morgan fingerprint density at radius 1 is 1.19 bits per heavy atom. The van der Waals surface area contributed by atoms with Crippen molar-refractivity contribution < 1.29 is 4.79 Å². The average molecular weight is 491 g/mol. The highest BCUT2D eigenvalue weighted by Crippen LogP contribution is 2.41. The maximum atomic E-state index is 13.4. The number of hydrogen-bond acceptors (Lipinski definition) is 2. The Morgan fingerprint density at radius 2 is 2.06 bits per heavy atom. The van der Waals surface area contributed by atoms with Crippen LogP contribution in [0.1, 0.15) is 39.5 Å². The van der Waals surface area contributed by atoms with E-state index < -0.39 is 0 Å².